The van der Waals surface area contributed by atoms with Crippen LogP contribution in [0.2, 0.25) is 0 Å². The van der Waals surface area contributed by atoms with E-state index >= 15 is 0 Å². The minimum atomic E-state index is -0.301. The van der Waals surface area contributed by atoms with E-state index in [1.165, 1.54) is 7.11 Å². The smallest absolute Gasteiger partial charge is 0.259 e. The summed E-state index contributed by atoms with van der Waals surface area (Å²) in [4.78, 5) is 22.3. The Labute approximate surface area is 180 Å². The fourth-order valence-electron chi connectivity index (χ4n) is 4.73. The summed E-state index contributed by atoms with van der Waals surface area (Å²) in [6.07, 6.45) is 5.61. The van der Waals surface area contributed by atoms with Gasteiger partial charge in [-0.15, -0.1) is 0 Å². The molecule has 0 spiro atoms. The number of anilines is 1. The molecule has 1 aromatic carbocycles. The highest BCUT2D eigenvalue weighted by molar-refractivity contribution is 6.06. The fourth-order valence-corrected chi connectivity index (χ4v) is 4.73. The molecular formula is C23H26N4O4. The standard InChI is InChI=1S/C23H26N4O4/c1-14(2)31-20-16(24-19(28)15-7-5-6-8-17(15)29-4)9-27-10-18(25-21(27)26-20)23-11-22(3,12-23)30-13-23/h5-10,14H,11-13H2,1-4H3,(H,24,28). The Hall–Kier alpha value is -3.13. The van der Waals surface area contributed by atoms with E-state index in [0.29, 0.717) is 35.3 Å². The summed E-state index contributed by atoms with van der Waals surface area (Å²) in [7, 11) is 1.54. The van der Waals surface area contributed by atoms with E-state index < -0.39 is 0 Å². The fraction of sp³-hybridized carbons (Fsp3) is 0.435. The molecule has 3 aromatic rings. The van der Waals surface area contributed by atoms with E-state index in [-0.39, 0.29) is 23.0 Å². The predicted octanol–water partition coefficient (Wildman–Crippen LogP) is 3.60. The van der Waals surface area contributed by atoms with Gasteiger partial charge in [-0.1, -0.05) is 12.1 Å². The summed E-state index contributed by atoms with van der Waals surface area (Å²) >= 11 is 0. The zero-order chi connectivity index (χ0) is 21.8. The average molecular weight is 422 g/mol. The SMILES string of the molecule is COc1ccccc1C(=O)Nc1cn2cc(C34COC(C)(C3)C4)nc2nc1OC(C)C. The number of imidazole rings is 1. The lowest BCUT2D eigenvalue weighted by molar-refractivity contribution is 0.0154. The van der Waals surface area contributed by atoms with Crippen LogP contribution in [0.1, 0.15) is 49.7 Å². The van der Waals surface area contributed by atoms with Gasteiger partial charge in [0.25, 0.3) is 5.91 Å². The van der Waals surface area contributed by atoms with Crippen molar-refractivity contribution < 1.29 is 19.0 Å². The Balaban J connectivity index is 1.51. The van der Waals surface area contributed by atoms with Gasteiger partial charge in [0.15, 0.2) is 0 Å². The number of rotatable bonds is 6. The lowest BCUT2D eigenvalue weighted by Gasteiger charge is -2.41. The van der Waals surface area contributed by atoms with E-state index in [1.807, 2.05) is 30.5 Å². The molecule has 1 N–H and O–H groups in total. The number of carbonyl (C=O) groups is 1. The highest BCUT2D eigenvalue weighted by atomic mass is 16.5. The normalized spacial score (nSPS) is 24.3. The molecule has 1 aliphatic carbocycles. The van der Waals surface area contributed by atoms with Crippen LogP contribution < -0.4 is 14.8 Å². The lowest BCUT2D eigenvalue weighted by atomic mass is 9.62. The molecule has 0 atom stereocenters. The summed E-state index contributed by atoms with van der Waals surface area (Å²) in [5.74, 6) is 1.07. The minimum Gasteiger partial charge on any atom is -0.496 e. The number of methoxy groups -OCH3 is 1. The minimum absolute atomic E-state index is 0.0248. The Kier molecular flexibility index (Phi) is 4.44. The molecule has 162 valence electrons. The first-order valence-corrected chi connectivity index (χ1v) is 10.5. The summed E-state index contributed by atoms with van der Waals surface area (Å²) in [5.41, 5.74) is 1.81. The maximum Gasteiger partial charge on any atom is 0.259 e. The first kappa shape index (κ1) is 19.8. The van der Waals surface area contributed by atoms with Crippen molar-refractivity contribution in [3.8, 4) is 11.6 Å². The van der Waals surface area contributed by atoms with Gasteiger partial charge >= 0.3 is 0 Å². The summed E-state index contributed by atoms with van der Waals surface area (Å²) in [6.45, 7) is 6.66. The number of aromatic nitrogens is 3. The van der Waals surface area contributed by atoms with Crippen molar-refractivity contribution in [1.82, 2.24) is 14.4 Å². The number of fused-ring (bicyclic) bond motifs is 2. The van der Waals surface area contributed by atoms with Crippen LogP contribution in [0.5, 0.6) is 11.6 Å². The van der Waals surface area contributed by atoms with Crippen LogP contribution in [0.15, 0.2) is 36.7 Å². The van der Waals surface area contributed by atoms with Crippen LogP contribution in [-0.4, -0.2) is 45.7 Å². The molecule has 2 aliphatic heterocycles. The third-order valence-electron chi connectivity index (χ3n) is 6.02. The van der Waals surface area contributed by atoms with Crippen LogP contribution in [0, 0.1) is 0 Å². The quantitative estimate of drug-likeness (QED) is 0.653. The molecule has 1 saturated carbocycles. The second kappa shape index (κ2) is 6.95. The van der Waals surface area contributed by atoms with Gasteiger partial charge in [0.1, 0.15) is 11.4 Å². The zero-order valence-electron chi connectivity index (χ0n) is 18.1. The van der Waals surface area contributed by atoms with Crippen LogP contribution in [0.4, 0.5) is 5.69 Å². The molecule has 8 nitrogen and oxygen atoms in total. The van der Waals surface area contributed by atoms with Gasteiger partial charge in [-0.3, -0.25) is 9.20 Å². The van der Waals surface area contributed by atoms with Gasteiger partial charge in [-0.2, -0.15) is 4.98 Å². The van der Waals surface area contributed by atoms with Gasteiger partial charge in [0.05, 0.1) is 36.7 Å². The second-order valence-electron chi connectivity index (χ2n) is 8.99. The predicted molar refractivity (Wildman–Crippen MR) is 115 cm³/mol. The molecule has 31 heavy (non-hydrogen) atoms. The maximum absolute atomic E-state index is 13.0. The van der Waals surface area contributed by atoms with Crippen molar-refractivity contribution >= 4 is 17.4 Å². The maximum atomic E-state index is 13.0. The van der Waals surface area contributed by atoms with Crippen LogP contribution >= 0.6 is 0 Å². The first-order valence-electron chi connectivity index (χ1n) is 10.5. The van der Waals surface area contributed by atoms with Gasteiger partial charge in [-0.25, -0.2) is 4.98 Å². The van der Waals surface area contributed by atoms with Crippen molar-refractivity contribution in [3.63, 3.8) is 0 Å². The Bertz CT molecular complexity index is 1160. The molecular weight excluding hydrogens is 396 g/mol. The van der Waals surface area contributed by atoms with E-state index in [1.54, 1.807) is 24.4 Å². The lowest BCUT2D eigenvalue weighted by Crippen LogP contribution is -2.45. The summed E-state index contributed by atoms with van der Waals surface area (Å²) in [6, 6.07) is 7.08. The van der Waals surface area contributed by atoms with Crippen LogP contribution in [0.3, 0.4) is 0 Å². The van der Waals surface area contributed by atoms with E-state index in [0.717, 1.165) is 18.5 Å². The van der Waals surface area contributed by atoms with E-state index in [9.17, 15) is 4.79 Å². The zero-order valence-corrected chi connectivity index (χ0v) is 18.1. The summed E-state index contributed by atoms with van der Waals surface area (Å²) in [5, 5.41) is 2.92. The van der Waals surface area contributed by atoms with Crippen molar-refractivity contribution in [3.05, 3.63) is 47.9 Å². The number of benzene rings is 1. The van der Waals surface area contributed by atoms with Crippen molar-refractivity contribution in [2.24, 2.45) is 0 Å². The molecule has 2 saturated heterocycles. The van der Waals surface area contributed by atoms with Crippen molar-refractivity contribution in [1.29, 1.82) is 0 Å². The highest BCUT2D eigenvalue weighted by Gasteiger charge is 2.61. The third kappa shape index (κ3) is 3.31. The molecule has 2 bridgehead atoms. The third-order valence-corrected chi connectivity index (χ3v) is 6.02. The van der Waals surface area contributed by atoms with Gasteiger partial charge in [-0.05, 0) is 45.7 Å². The van der Waals surface area contributed by atoms with E-state index in [2.05, 4.69) is 17.2 Å². The molecule has 1 amide bonds. The van der Waals surface area contributed by atoms with E-state index in [4.69, 9.17) is 19.2 Å². The monoisotopic (exact) mass is 422 g/mol. The molecule has 0 radical (unpaired) electrons. The molecule has 3 fully saturated rings. The second-order valence-corrected chi connectivity index (χ2v) is 8.99. The van der Waals surface area contributed by atoms with Crippen LogP contribution in [0.25, 0.3) is 5.78 Å². The summed E-state index contributed by atoms with van der Waals surface area (Å²) < 4.78 is 19.0. The largest absolute Gasteiger partial charge is 0.496 e. The molecule has 3 aliphatic rings. The number of amides is 1. The number of hydrogen-bond acceptors (Lipinski definition) is 6. The molecule has 0 unspecified atom stereocenters. The van der Waals surface area contributed by atoms with Gasteiger partial charge in [0.2, 0.25) is 11.7 Å². The Morgan fingerprint density at radius 1 is 1.23 bits per heavy atom. The molecule has 8 heteroatoms. The van der Waals surface area contributed by atoms with Crippen LogP contribution in [-0.2, 0) is 10.2 Å². The average Bonchev–Trinajstić information content (AvgIpc) is 3.38. The number of nitrogens with one attached hydrogen (secondary N) is 1. The van der Waals surface area contributed by atoms with Gasteiger partial charge < -0.3 is 19.5 Å². The number of carbonyl (C=O) groups excluding carboxylic acids is 1. The molecule has 2 aromatic heterocycles. The highest BCUT2D eigenvalue weighted by Crippen LogP contribution is 2.58. The van der Waals surface area contributed by atoms with Crippen molar-refractivity contribution in [2.45, 2.75) is 50.7 Å². The number of ether oxygens (including phenoxy) is 3. The number of para-hydroxylation sites is 1. The number of hydrogen-bond donors (Lipinski definition) is 1. The van der Waals surface area contributed by atoms with Gasteiger partial charge in [0, 0.05) is 17.8 Å². The molecule has 6 rings (SSSR count). The Morgan fingerprint density at radius 3 is 2.68 bits per heavy atom. The first-order chi connectivity index (χ1) is 14.8. The Morgan fingerprint density at radius 2 is 2.00 bits per heavy atom. The molecule has 4 heterocycles. The topological polar surface area (TPSA) is 87.0 Å². The van der Waals surface area contributed by atoms with Crippen molar-refractivity contribution in [2.75, 3.05) is 19.0 Å². The number of nitrogens with zero attached hydrogens (tertiary/aromatic N) is 3.